The van der Waals surface area contributed by atoms with Crippen molar-refractivity contribution in [3.8, 4) is 0 Å². The minimum Gasteiger partial charge on any atom is -0.481 e. The molecule has 5 nitrogen and oxygen atoms in total. The van der Waals surface area contributed by atoms with Gasteiger partial charge in [-0.25, -0.2) is 4.79 Å². The quantitative estimate of drug-likeness (QED) is 0.878. The molecule has 1 aromatic rings. The zero-order valence-corrected chi connectivity index (χ0v) is 13.2. The Morgan fingerprint density at radius 3 is 2.86 bits per heavy atom. The average molecular weight is 310 g/mol. The predicted octanol–water partition coefficient (Wildman–Crippen LogP) is 2.57. The number of hydrogen-bond donors (Lipinski definition) is 2. The van der Waals surface area contributed by atoms with Crippen LogP contribution in [0.15, 0.2) is 17.5 Å². The molecule has 1 aliphatic carbocycles. The molecule has 1 aromatic heterocycles. The summed E-state index contributed by atoms with van der Waals surface area (Å²) in [6.45, 7) is 2.02. The maximum absolute atomic E-state index is 12.2. The largest absolute Gasteiger partial charge is 0.481 e. The van der Waals surface area contributed by atoms with Gasteiger partial charge in [0.05, 0.1) is 5.92 Å². The number of nitrogens with zero attached hydrogens (tertiary/aromatic N) is 1. The number of aliphatic carboxylic acids is 1. The second-order valence-corrected chi connectivity index (χ2v) is 6.77. The highest BCUT2D eigenvalue weighted by atomic mass is 32.1. The van der Waals surface area contributed by atoms with Gasteiger partial charge < -0.3 is 15.3 Å². The van der Waals surface area contributed by atoms with Crippen molar-refractivity contribution in [2.45, 2.75) is 44.7 Å². The summed E-state index contributed by atoms with van der Waals surface area (Å²) in [6.07, 6.45) is 2.77. The normalized spacial score (nSPS) is 22.8. The van der Waals surface area contributed by atoms with Gasteiger partial charge in [-0.2, -0.15) is 0 Å². The molecule has 1 aliphatic rings. The lowest BCUT2D eigenvalue weighted by atomic mass is 10.1. The first-order chi connectivity index (χ1) is 9.97. The van der Waals surface area contributed by atoms with Crippen LogP contribution in [-0.2, 0) is 11.2 Å². The minimum absolute atomic E-state index is 0.0185. The lowest BCUT2D eigenvalue weighted by Crippen LogP contribution is -2.46. The molecule has 2 amide bonds. The van der Waals surface area contributed by atoms with Crippen LogP contribution in [0, 0.1) is 5.92 Å². The monoisotopic (exact) mass is 310 g/mol. The van der Waals surface area contributed by atoms with Gasteiger partial charge in [0, 0.05) is 30.4 Å². The highest BCUT2D eigenvalue weighted by Gasteiger charge is 2.31. The molecule has 2 rings (SSSR count). The summed E-state index contributed by atoms with van der Waals surface area (Å²) in [5.41, 5.74) is 0. The summed E-state index contributed by atoms with van der Waals surface area (Å²) in [5, 5.41) is 14.0. The molecular formula is C15H22N2O3S. The number of urea groups is 1. The van der Waals surface area contributed by atoms with Crippen LogP contribution in [0.3, 0.4) is 0 Å². The molecular weight excluding hydrogens is 288 g/mol. The number of likely N-dealkylation sites (N-methyl/N-ethyl adjacent to an activating group) is 1. The Hall–Kier alpha value is -1.56. The van der Waals surface area contributed by atoms with Gasteiger partial charge in [-0.15, -0.1) is 11.3 Å². The van der Waals surface area contributed by atoms with Gasteiger partial charge >= 0.3 is 12.0 Å². The van der Waals surface area contributed by atoms with E-state index in [0.717, 1.165) is 12.8 Å². The molecule has 0 bridgehead atoms. The Labute approximate surface area is 129 Å². The Kier molecular flexibility index (Phi) is 5.22. The highest BCUT2D eigenvalue weighted by Crippen LogP contribution is 2.25. The van der Waals surface area contributed by atoms with Gasteiger partial charge in [-0.3, -0.25) is 4.79 Å². The smallest absolute Gasteiger partial charge is 0.317 e. The van der Waals surface area contributed by atoms with Crippen molar-refractivity contribution in [1.29, 1.82) is 0 Å². The summed E-state index contributed by atoms with van der Waals surface area (Å²) >= 11 is 1.69. The number of thiophene rings is 1. The number of nitrogens with one attached hydrogen (secondary N) is 1. The van der Waals surface area contributed by atoms with Crippen molar-refractivity contribution in [1.82, 2.24) is 10.2 Å². The Balaban J connectivity index is 1.81. The Morgan fingerprint density at radius 1 is 1.52 bits per heavy atom. The topological polar surface area (TPSA) is 69.6 Å². The highest BCUT2D eigenvalue weighted by molar-refractivity contribution is 7.09. The maximum atomic E-state index is 12.2. The number of carboxylic acids is 1. The average Bonchev–Trinajstić information content (AvgIpc) is 3.09. The van der Waals surface area contributed by atoms with Crippen LogP contribution in [0.5, 0.6) is 0 Å². The molecule has 1 saturated carbocycles. The number of carboxylic acid groups (broad SMARTS) is 1. The second-order valence-electron chi connectivity index (χ2n) is 5.74. The van der Waals surface area contributed by atoms with Crippen LogP contribution < -0.4 is 5.32 Å². The van der Waals surface area contributed by atoms with Crippen LogP contribution in [0.25, 0.3) is 0 Å². The molecule has 1 heterocycles. The lowest BCUT2D eigenvalue weighted by Gasteiger charge is -2.26. The Bertz CT molecular complexity index is 489. The van der Waals surface area contributed by atoms with E-state index >= 15 is 0 Å². The van der Waals surface area contributed by atoms with Crippen molar-refractivity contribution in [2.24, 2.45) is 5.92 Å². The molecule has 116 valence electrons. The van der Waals surface area contributed by atoms with E-state index < -0.39 is 5.97 Å². The van der Waals surface area contributed by atoms with Gasteiger partial charge in [0.2, 0.25) is 0 Å². The zero-order chi connectivity index (χ0) is 15.4. The lowest BCUT2D eigenvalue weighted by molar-refractivity contribution is -0.141. The first-order valence-corrected chi connectivity index (χ1v) is 8.14. The first-order valence-electron chi connectivity index (χ1n) is 7.26. The molecule has 21 heavy (non-hydrogen) atoms. The molecule has 0 radical (unpaired) electrons. The predicted molar refractivity (Wildman–Crippen MR) is 82.5 cm³/mol. The van der Waals surface area contributed by atoms with Gasteiger partial charge in [-0.1, -0.05) is 6.07 Å². The molecule has 2 N–H and O–H groups in total. The van der Waals surface area contributed by atoms with Gasteiger partial charge in [-0.05, 0) is 37.6 Å². The third-order valence-corrected chi connectivity index (χ3v) is 5.07. The van der Waals surface area contributed by atoms with Gasteiger partial charge in [0.25, 0.3) is 0 Å². The van der Waals surface area contributed by atoms with Crippen molar-refractivity contribution in [3.05, 3.63) is 22.4 Å². The SMILES string of the molecule is CC(Cc1cccs1)N(C)C(=O)NC1CCC(C(=O)O)C1. The first kappa shape index (κ1) is 15.8. The number of amides is 2. The molecule has 1 fully saturated rings. The van der Waals surface area contributed by atoms with Crippen molar-refractivity contribution in [3.63, 3.8) is 0 Å². The molecule has 0 saturated heterocycles. The molecule has 6 heteroatoms. The molecule has 3 unspecified atom stereocenters. The van der Waals surface area contributed by atoms with Crippen LogP contribution in [0.1, 0.15) is 31.1 Å². The molecule has 0 aliphatic heterocycles. The van der Waals surface area contributed by atoms with E-state index in [1.54, 1.807) is 23.3 Å². The fourth-order valence-electron chi connectivity index (χ4n) is 2.67. The standard InChI is InChI=1S/C15H22N2O3S/c1-10(8-13-4-3-7-21-13)17(2)15(20)16-12-6-5-11(9-12)14(18)19/h3-4,7,10-12H,5-6,8-9H2,1-2H3,(H,16,20)(H,18,19). The van der Waals surface area contributed by atoms with E-state index in [2.05, 4.69) is 11.4 Å². The maximum Gasteiger partial charge on any atom is 0.317 e. The van der Waals surface area contributed by atoms with Crippen LogP contribution >= 0.6 is 11.3 Å². The van der Waals surface area contributed by atoms with E-state index in [1.807, 2.05) is 18.4 Å². The van der Waals surface area contributed by atoms with Crippen LogP contribution in [0.4, 0.5) is 4.79 Å². The summed E-state index contributed by atoms with van der Waals surface area (Å²) in [6, 6.07) is 4.06. The molecule has 0 spiro atoms. The van der Waals surface area contributed by atoms with Crippen LogP contribution in [-0.4, -0.2) is 41.1 Å². The second kappa shape index (κ2) is 6.93. The number of carbonyl (C=O) groups excluding carboxylic acids is 1. The summed E-state index contributed by atoms with van der Waals surface area (Å²) in [7, 11) is 1.79. The van der Waals surface area contributed by atoms with E-state index in [0.29, 0.717) is 12.8 Å². The number of carbonyl (C=O) groups is 2. The number of rotatable bonds is 5. The summed E-state index contributed by atoms with van der Waals surface area (Å²) in [5.74, 6) is -1.07. The number of hydrogen-bond acceptors (Lipinski definition) is 3. The van der Waals surface area contributed by atoms with Gasteiger partial charge in [0.15, 0.2) is 0 Å². The Morgan fingerprint density at radius 2 is 2.29 bits per heavy atom. The van der Waals surface area contributed by atoms with Crippen molar-refractivity contribution in [2.75, 3.05) is 7.05 Å². The molecule has 3 atom stereocenters. The fraction of sp³-hybridized carbons (Fsp3) is 0.600. The van der Waals surface area contributed by atoms with Crippen molar-refractivity contribution >= 4 is 23.3 Å². The van der Waals surface area contributed by atoms with E-state index in [-0.39, 0.29) is 24.0 Å². The minimum atomic E-state index is -0.758. The van der Waals surface area contributed by atoms with E-state index in [1.165, 1.54) is 4.88 Å². The third kappa shape index (κ3) is 4.20. The van der Waals surface area contributed by atoms with E-state index in [9.17, 15) is 9.59 Å². The summed E-state index contributed by atoms with van der Waals surface area (Å²) in [4.78, 5) is 26.1. The van der Waals surface area contributed by atoms with E-state index in [4.69, 9.17) is 5.11 Å². The van der Waals surface area contributed by atoms with Gasteiger partial charge in [0.1, 0.15) is 0 Å². The van der Waals surface area contributed by atoms with Crippen molar-refractivity contribution < 1.29 is 14.7 Å². The third-order valence-electron chi connectivity index (χ3n) is 4.17. The molecule has 0 aromatic carbocycles. The zero-order valence-electron chi connectivity index (χ0n) is 12.4. The fourth-order valence-corrected chi connectivity index (χ4v) is 3.50. The summed E-state index contributed by atoms with van der Waals surface area (Å²) < 4.78 is 0. The van der Waals surface area contributed by atoms with Crippen LogP contribution in [0.2, 0.25) is 0 Å².